The van der Waals surface area contributed by atoms with Crippen LogP contribution in [0.1, 0.15) is 6.92 Å². The molecule has 0 aliphatic carbocycles. The van der Waals surface area contributed by atoms with E-state index in [9.17, 15) is 9.59 Å². The van der Waals surface area contributed by atoms with Gasteiger partial charge in [0.25, 0.3) is 0 Å². The van der Waals surface area contributed by atoms with E-state index in [1.807, 2.05) is 0 Å². The van der Waals surface area contributed by atoms with Gasteiger partial charge in [0, 0.05) is 6.07 Å². The molecule has 1 atom stereocenters. The van der Waals surface area contributed by atoms with Gasteiger partial charge in [0.2, 0.25) is 0 Å². The molecule has 0 unspecified atom stereocenters. The Morgan fingerprint density at radius 2 is 1.80 bits per heavy atom. The van der Waals surface area contributed by atoms with Crippen LogP contribution in [0.25, 0.3) is 22.1 Å². The number of hydrogen-bond acceptors (Lipinski definition) is 6. The van der Waals surface area contributed by atoms with Gasteiger partial charge in [-0.1, -0.05) is 12.1 Å². The Labute approximate surface area is 143 Å². The van der Waals surface area contributed by atoms with E-state index in [0.717, 1.165) is 5.56 Å². The topological polar surface area (TPSA) is 91.8 Å². The monoisotopic (exact) mass is 339 g/mol. The molecule has 3 aromatic rings. The van der Waals surface area contributed by atoms with Crippen molar-refractivity contribution >= 4 is 16.9 Å². The van der Waals surface area contributed by atoms with Gasteiger partial charge in [-0.25, -0.2) is 4.79 Å². The second kappa shape index (κ2) is 6.78. The second-order valence-electron chi connectivity index (χ2n) is 5.57. The summed E-state index contributed by atoms with van der Waals surface area (Å²) in [4.78, 5) is 24.3. The van der Waals surface area contributed by atoms with Crippen LogP contribution in [0.2, 0.25) is 0 Å². The average molecular weight is 339 g/mol. The highest BCUT2D eigenvalue weighted by Gasteiger charge is 2.13. The Balaban J connectivity index is 2.00. The fourth-order valence-electron chi connectivity index (χ4n) is 2.35. The van der Waals surface area contributed by atoms with Crippen LogP contribution in [0.15, 0.2) is 57.9 Å². The van der Waals surface area contributed by atoms with E-state index in [2.05, 4.69) is 0 Å². The molecule has 2 N–H and O–H groups in total. The summed E-state index contributed by atoms with van der Waals surface area (Å²) < 4.78 is 15.8. The molecular weight excluding hydrogens is 322 g/mol. The molecule has 0 saturated carbocycles. The summed E-state index contributed by atoms with van der Waals surface area (Å²) in [5, 5.41) is 0.397. The van der Waals surface area contributed by atoms with Gasteiger partial charge in [0.15, 0.2) is 5.43 Å². The van der Waals surface area contributed by atoms with Crippen LogP contribution in [0.4, 0.5) is 0 Å². The molecule has 0 fully saturated rings. The normalized spacial score (nSPS) is 12.0. The zero-order valence-electron chi connectivity index (χ0n) is 13.8. The number of hydrogen-bond donors (Lipinski definition) is 1. The molecule has 0 saturated heterocycles. The number of benzene rings is 2. The van der Waals surface area contributed by atoms with Gasteiger partial charge >= 0.3 is 5.97 Å². The SMILES string of the molecule is COc1ccc(-c2coc3cc(OC(=O)[C@H](C)N)ccc3c2=O)cc1. The summed E-state index contributed by atoms with van der Waals surface area (Å²) in [6, 6.07) is 11.0. The first kappa shape index (κ1) is 16.7. The smallest absolute Gasteiger partial charge is 0.328 e. The molecule has 0 bridgehead atoms. The van der Waals surface area contributed by atoms with Crippen molar-refractivity contribution in [3.63, 3.8) is 0 Å². The number of esters is 1. The molecule has 3 rings (SSSR count). The molecule has 0 aliphatic rings. The van der Waals surface area contributed by atoms with Crippen molar-refractivity contribution < 1.29 is 18.7 Å². The highest BCUT2D eigenvalue weighted by atomic mass is 16.5. The van der Waals surface area contributed by atoms with Crippen LogP contribution >= 0.6 is 0 Å². The second-order valence-corrected chi connectivity index (χ2v) is 5.57. The quantitative estimate of drug-likeness (QED) is 0.580. The van der Waals surface area contributed by atoms with Crippen LogP contribution in [0.3, 0.4) is 0 Å². The van der Waals surface area contributed by atoms with Crippen molar-refractivity contribution in [2.24, 2.45) is 5.73 Å². The van der Waals surface area contributed by atoms with Gasteiger partial charge in [-0.15, -0.1) is 0 Å². The predicted molar refractivity (Wildman–Crippen MR) is 93.8 cm³/mol. The van der Waals surface area contributed by atoms with Gasteiger partial charge < -0.3 is 19.6 Å². The van der Waals surface area contributed by atoms with Gasteiger partial charge in [-0.05, 0) is 36.8 Å². The van der Waals surface area contributed by atoms with Crippen LogP contribution < -0.4 is 20.6 Å². The first-order valence-corrected chi connectivity index (χ1v) is 7.67. The first-order chi connectivity index (χ1) is 12.0. The lowest BCUT2D eigenvalue weighted by Crippen LogP contribution is -2.30. The number of ether oxygens (including phenoxy) is 2. The van der Waals surface area contributed by atoms with Gasteiger partial charge in [-0.3, -0.25) is 4.79 Å². The zero-order chi connectivity index (χ0) is 18.0. The summed E-state index contributed by atoms with van der Waals surface area (Å²) in [6.45, 7) is 1.53. The number of carbonyl (C=O) groups is 1. The number of rotatable bonds is 4. The van der Waals surface area contributed by atoms with Crippen molar-refractivity contribution in [3.05, 3.63) is 59.0 Å². The van der Waals surface area contributed by atoms with E-state index < -0.39 is 12.0 Å². The van der Waals surface area contributed by atoms with Crippen LogP contribution in [0.5, 0.6) is 11.5 Å². The Hall–Kier alpha value is -3.12. The van der Waals surface area contributed by atoms with E-state index in [-0.39, 0.29) is 11.2 Å². The predicted octanol–water partition coefficient (Wildman–Crippen LogP) is 2.72. The standard InChI is InChI=1S/C19H17NO5/c1-11(20)19(22)25-14-7-8-15-17(9-14)24-10-16(18(15)21)12-3-5-13(23-2)6-4-12/h3-11H,20H2,1-2H3/t11-/m0/s1. The zero-order valence-corrected chi connectivity index (χ0v) is 13.8. The third kappa shape index (κ3) is 3.39. The van der Waals surface area contributed by atoms with Gasteiger partial charge in [0.1, 0.15) is 29.4 Å². The largest absolute Gasteiger partial charge is 0.497 e. The van der Waals surface area contributed by atoms with Crippen LogP contribution in [0, 0.1) is 0 Å². The molecule has 1 heterocycles. The average Bonchev–Trinajstić information content (AvgIpc) is 2.62. The summed E-state index contributed by atoms with van der Waals surface area (Å²) in [5.74, 6) is 0.418. The Bertz CT molecular complexity index is 973. The fraction of sp³-hybridized carbons (Fsp3) is 0.158. The summed E-state index contributed by atoms with van der Waals surface area (Å²) in [7, 11) is 1.58. The van der Waals surface area contributed by atoms with Crippen molar-refractivity contribution in [2.45, 2.75) is 13.0 Å². The molecule has 0 amide bonds. The van der Waals surface area contributed by atoms with E-state index in [0.29, 0.717) is 22.3 Å². The third-order valence-electron chi connectivity index (χ3n) is 3.74. The van der Waals surface area contributed by atoms with Crippen LogP contribution in [-0.2, 0) is 4.79 Å². The summed E-state index contributed by atoms with van der Waals surface area (Å²) in [6.07, 6.45) is 1.39. The number of fused-ring (bicyclic) bond motifs is 1. The highest BCUT2D eigenvalue weighted by molar-refractivity contribution is 5.84. The van der Waals surface area contributed by atoms with Crippen molar-refractivity contribution in [1.82, 2.24) is 0 Å². The maximum Gasteiger partial charge on any atom is 0.328 e. The Kier molecular flexibility index (Phi) is 4.54. The lowest BCUT2D eigenvalue weighted by atomic mass is 10.1. The molecule has 128 valence electrons. The van der Waals surface area contributed by atoms with Crippen LogP contribution in [-0.4, -0.2) is 19.1 Å². The Morgan fingerprint density at radius 3 is 2.44 bits per heavy atom. The summed E-state index contributed by atoms with van der Waals surface area (Å²) in [5.41, 5.74) is 6.80. The highest BCUT2D eigenvalue weighted by Crippen LogP contribution is 2.24. The minimum atomic E-state index is -0.736. The molecule has 0 aliphatic heterocycles. The molecule has 2 aromatic carbocycles. The first-order valence-electron chi connectivity index (χ1n) is 7.67. The third-order valence-corrected chi connectivity index (χ3v) is 3.74. The number of nitrogens with two attached hydrogens (primary N) is 1. The molecular formula is C19H17NO5. The molecule has 25 heavy (non-hydrogen) atoms. The van der Waals surface area contributed by atoms with E-state index >= 15 is 0 Å². The van der Waals surface area contributed by atoms with E-state index in [4.69, 9.17) is 19.6 Å². The van der Waals surface area contributed by atoms with E-state index in [1.165, 1.54) is 25.3 Å². The van der Waals surface area contributed by atoms with Gasteiger partial charge in [-0.2, -0.15) is 0 Å². The number of carbonyl (C=O) groups excluding carboxylic acids is 1. The van der Waals surface area contributed by atoms with Crippen molar-refractivity contribution in [3.8, 4) is 22.6 Å². The summed E-state index contributed by atoms with van der Waals surface area (Å²) >= 11 is 0. The van der Waals surface area contributed by atoms with Gasteiger partial charge in [0.05, 0.1) is 18.1 Å². The lowest BCUT2D eigenvalue weighted by Gasteiger charge is -2.08. The molecule has 1 aromatic heterocycles. The lowest BCUT2D eigenvalue weighted by molar-refractivity contribution is -0.135. The van der Waals surface area contributed by atoms with E-state index in [1.54, 1.807) is 37.4 Å². The molecule has 6 nitrogen and oxygen atoms in total. The molecule has 0 radical (unpaired) electrons. The molecule has 0 spiro atoms. The molecule has 6 heteroatoms. The van der Waals surface area contributed by atoms with Crippen molar-refractivity contribution in [2.75, 3.05) is 7.11 Å². The van der Waals surface area contributed by atoms with Crippen molar-refractivity contribution in [1.29, 1.82) is 0 Å². The minimum absolute atomic E-state index is 0.170. The Morgan fingerprint density at radius 1 is 1.12 bits per heavy atom. The maximum atomic E-state index is 12.7. The minimum Gasteiger partial charge on any atom is -0.497 e. The number of methoxy groups -OCH3 is 1. The maximum absolute atomic E-state index is 12.7. The fourth-order valence-corrected chi connectivity index (χ4v) is 2.35.